The average molecular weight is 627 g/mol. The molecule has 0 spiro atoms. The second kappa shape index (κ2) is 26.4. The molecule has 3 unspecified atom stereocenters. The molecule has 0 amide bonds. The maximum atomic E-state index is 13.1. The van der Waals surface area contributed by atoms with E-state index in [2.05, 4.69) is 13.8 Å². The van der Waals surface area contributed by atoms with Crippen LogP contribution in [0, 0.1) is 0 Å². The van der Waals surface area contributed by atoms with E-state index >= 15 is 0 Å². The van der Waals surface area contributed by atoms with Gasteiger partial charge in [-0.05, 0) is 37.5 Å². The molecule has 1 rings (SSSR count). The van der Waals surface area contributed by atoms with Crippen molar-refractivity contribution in [3.63, 3.8) is 0 Å². The first-order chi connectivity index (χ1) is 20.5. The molecule has 42 heavy (non-hydrogen) atoms. The third-order valence-corrected chi connectivity index (χ3v) is 9.55. The summed E-state index contributed by atoms with van der Waals surface area (Å²) in [4.78, 5) is 24.5. The molecule has 0 N–H and O–H groups in total. The molecule has 0 aliphatic carbocycles. The highest BCUT2D eigenvalue weighted by Crippen LogP contribution is 2.32. The van der Waals surface area contributed by atoms with Gasteiger partial charge in [-0.25, -0.2) is 9.68 Å². The van der Waals surface area contributed by atoms with Gasteiger partial charge in [0, 0.05) is 5.25 Å². The predicted molar refractivity (Wildman–Crippen MR) is 176 cm³/mol. The van der Waals surface area contributed by atoms with Crippen LogP contribution in [0.5, 0.6) is 0 Å². The standard InChI is InChI=1S/C34H59O6PS/c1-5-8-10-12-14-16-18-23-28-42-32(26-22-17-15-13-11-9-6-2)30(4)39-40-34(41-36,38-27-7-3)33(35)37-29-31-24-20-19-21-25-31/h19-21,24-25,30,32H,5-18,22-23,26-29H2,1-4H3. The van der Waals surface area contributed by atoms with Gasteiger partial charge in [0.2, 0.25) is 8.46 Å². The summed E-state index contributed by atoms with van der Waals surface area (Å²) >= 11 is 1.92. The summed E-state index contributed by atoms with van der Waals surface area (Å²) in [5, 5.41) is 0.206. The van der Waals surface area contributed by atoms with Crippen molar-refractivity contribution in [1.82, 2.24) is 0 Å². The number of benzene rings is 1. The highest BCUT2D eigenvalue weighted by Gasteiger charge is 2.47. The molecule has 242 valence electrons. The zero-order valence-electron chi connectivity index (χ0n) is 27.0. The molecule has 1 aromatic rings. The molecule has 0 heterocycles. The van der Waals surface area contributed by atoms with E-state index in [1.807, 2.05) is 55.9 Å². The van der Waals surface area contributed by atoms with E-state index in [0.717, 1.165) is 24.2 Å². The molecule has 0 aliphatic rings. The molecule has 0 bridgehead atoms. The van der Waals surface area contributed by atoms with E-state index in [4.69, 9.17) is 19.2 Å². The first kappa shape index (κ1) is 39.0. The topological polar surface area (TPSA) is 71.1 Å². The lowest BCUT2D eigenvalue weighted by Crippen LogP contribution is -2.42. The first-order valence-electron chi connectivity index (χ1n) is 16.7. The predicted octanol–water partition coefficient (Wildman–Crippen LogP) is 10.8. The number of carbonyl (C=O) groups excluding carboxylic acids is 1. The van der Waals surface area contributed by atoms with Crippen LogP contribution in [0.4, 0.5) is 0 Å². The van der Waals surface area contributed by atoms with Crippen molar-refractivity contribution >= 4 is 26.2 Å². The Labute approximate surface area is 262 Å². The van der Waals surface area contributed by atoms with E-state index < -0.39 is 20.0 Å². The summed E-state index contributed by atoms with van der Waals surface area (Å²) < 4.78 is 23.4. The minimum atomic E-state index is -2.15. The second-order valence-corrected chi connectivity index (χ2v) is 13.4. The van der Waals surface area contributed by atoms with Gasteiger partial charge in [-0.3, -0.25) is 4.57 Å². The van der Waals surface area contributed by atoms with Crippen molar-refractivity contribution < 1.29 is 28.6 Å². The fourth-order valence-electron chi connectivity index (χ4n) is 4.68. The molecule has 1 aromatic carbocycles. The van der Waals surface area contributed by atoms with Crippen molar-refractivity contribution in [2.45, 2.75) is 160 Å². The van der Waals surface area contributed by atoms with E-state index in [1.54, 1.807) is 0 Å². The average Bonchev–Trinajstić information content (AvgIpc) is 3.02. The van der Waals surface area contributed by atoms with Crippen molar-refractivity contribution in [3.05, 3.63) is 35.9 Å². The van der Waals surface area contributed by atoms with Crippen LogP contribution in [0.1, 0.15) is 142 Å². The number of hydrogen-bond acceptors (Lipinski definition) is 7. The van der Waals surface area contributed by atoms with Crippen LogP contribution in [0.3, 0.4) is 0 Å². The molecule has 0 fully saturated rings. The van der Waals surface area contributed by atoms with Gasteiger partial charge in [0.1, 0.15) is 12.7 Å². The Morgan fingerprint density at radius 2 is 1.38 bits per heavy atom. The maximum Gasteiger partial charge on any atom is 0.383 e. The van der Waals surface area contributed by atoms with Crippen LogP contribution < -0.4 is 0 Å². The third kappa shape index (κ3) is 18.0. The number of unbranched alkanes of at least 4 members (excludes halogenated alkanes) is 13. The van der Waals surface area contributed by atoms with Crippen molar-refractivity contribution in [2.24, 2.45) is 0 Å². The van der Waals surface area contributed by atoms with Gasteiger partial charge >= 0.3 is 11.5 Å². The summed E-state index contributed by atoms with van der Waals surface area (Å²) in [5.41, 5.74) is -1.33. The highest BCUT2D eigenvalue weighted by atomic mass is 32.2. The molecule has 8 heteroatoms. The van der Waals surface area contributed by atoms with Crippen molar-refractivity contribution in [1.29, 1.82) is 0 Å². The van der Waals surface area contributed by atoms with E-state index in [0.29, 0.717) is 6.42 Å². The summed E-state index contributed by atoms with van der Waals surface area (Å²) in [6.45, 7) is 8.59. The summed E-state index contributed by atoms with van der Waals surface area (Å²) in [6.07, 6.45) is 20.5. The second-order valence-electron chi connectivity index (χ2n) is 11.3. The SMILES string of the molecule is CCCCCCCCCCSC(CCCCCCCCC)C(C)OOC(OCCC)(P=O)C(=O)OCc1ccccc1. The summed E-state index contributed by atoms with van der Waals surface area (Å²) in [6, 6.07) is 9.34. The normalized spacial score (nSPS) is 14.5. The number of carbonyl (C=O) groups is 1. The number of thioether (sulfide) groups is 1. The van der Waals surface area contributed by atoms with Gasteiger partial charge in [-0.1, -0.05) is 141 Å². The summed E-state index contributed by atoms with van der Waals surface area (Å²) in [7, 11) is -0.656. The zero-order valence-corrected chi connectivity index (χ0v) is 28.7. The van der Waals surface area contributed by atoms with Gasteiger partial charge in [0.15, 0.2) is 0 Å². The first-order valence-corrected chi connectivity index (χ1v) is 18.5. The van der Waals surface area contributed by atoms with Crippen LogP contribution >= 0.6 is 20.2 Å². The van der Waals surface area contributed by atoms with Crippen LogP contribution in [-0.4, -0.2) is 35.2 Å². The molecular weight excluding hydrogens is 567 g/mol. The number of ether oxygens (including phenoxy) is 2. The molecule has 0 aromatic heterocycles. The Hall–Kier alpha value is -0.980. The van der Waals surface area contributed by atoms with E-state index in [1.165, 1.54) is 89.9 Å². The lowest BCUT2D eigenvalue weighted by atomic mass is 10.1. The minimum Gasteiger partial charge on any atom is -0.456 e. The molecule has 3 atom stereocenters. The zero-order chi connectivity index (χ0) is 30.7. The Bertz CT molecular complexity index is 783. The van der Waals surface area contributed by atoms with Gasteiger partial charge in [-0.2, -0.15) is 16.6 Å². The van der Waals surface area contributed by atoms with E-state index in [9.17, 15) is 9.36 Å². The van der Waals surface area contributed by atoms with Gasteiger partial charge < -0.3 is 9.47 Å². The fraction of sp³-hybridized carbons (Fsp3) is 0.794. The van der Waals surface area contributed by atoms with Crippen molar-refractivity contribution in [3.8, 4) is 0 Å². The fourth-order valence-corrected chi connectivity index (χ4v) is 6.36. The van der Waals surface area contributed by atoms with Gasteiger partial charge in [-0.15, -0.1) is 0 Å². The maximum absolute atomic E-state index is 13.1. The Morgan fingerprint density at radius 3 is 1.95 bits per heavy atom. The number of hydrogen-bond donors (Lipinski definition) is 0. The lowest BCUT2D eigenvalue weighted by molar-refractivity contribution is -0.403. The monoisotopic (exact) mass is 626 g/mol. The van der Waals surface area contributed by atoms with E-state index in [-0.39, 0.29) is 24.6 Å². The highest BCUT2D eigenvalue weighted by molar-refractivity contribution is 7.99. The molecular formula is C34H59O6PS. The van der Waals surface area contributed by atoms with Gasteiger partial charge in [0.25, 0.3) is 0 Å². The van der Waals surface area contributed by atoms with Gasteiger partial charge in [0.05, 0.1) is 6.61 Å². The van der Waals surface area contributed by atoms with Crippen LogP contribution in [0.2, 0.25) is 0 Å². The largest absolute Gasteiger partial charge is 0.456 e. The van der Waals surface area contributed by atoms with Crippen LogP contribution in [0.25, 0.3) is 0 Å². The smallest absolute Gasteiger partial charge is 0.383 e. The van der Waals surface area contributed by atoms with Crippen LogP contribution in [0.15, 0.2) is 30.3 Å². The molecule has 0 aliphatic heterocycles. The lowest BCUT2D eigenvalue weighted by Gasteiger charge is -2.28. The summed E-state index contributed by atoms with van der Waals surface area (Å²) in [5.74, 6) is 0.208. The quantitative estimate of drug-likeness (QED) is 0.0219. The Morgan fingerprint density at radius 1 is 0.810 bits per heavy atom. The Kier molecular flexibility index (Phi) is 24.6. The molecule has 0 saturated heterocycles. The van der Waals surface area contributed by atoms with Crippen molar-refractivity contribution in [2.75, 3.05) is 12.4 Å². The Balaban J connectivity index is 2.69. The molecule has 0 saturated carbocycles. The number of esters is 1. The molecule has 0 radical (unpaired) electrons. The molecule has 6 nitrogen and oxygen atoms in total. The number of rotatable bonds is 29. The third-order valence-electron chi connectivity index (χ3n) is 7.35. The minimum absolute atomic E-state index is 0.0285. The van der Waals surface area contributed by atoms with Crippen LogP contribution in [-0.2, 0) is 35.2 Å².